The van der Waals surface area contributed by atoms with E-state index in [1.165, 1.54) is 12.5 Å². The third kappa shape index (κ3) is 6.40. The molecule has 2 amide bonds. The molecule has 2 heterocycles. The fraction of sp³-hybridized carbons (Fsp3) is 0.100. The molecule has 0 aliphatic heterocycles. The number of carbonyl (C=O) groups is 1. The van der Waals surface area contributed by atoms with Gasteiger partial charge in [-0.25, -0.2) is 14.8 Å². The molecule has 5 N–H and O–H groups in total. The van der Waals surface area contributed by atoms with Crippen molar-refractivity contribution >= 4 is 11.7 Å². The maximum Gasteiger partial charge on any atom is 0.417 e. The van der Waals surface area contributed by atoms with E-state index in [0.717, 1.165) is 29.0 Å². The van der Waals surface area contributed by atoms with Gasteiger partial charge in [-0.1, -0.05) is 24.3 Å². The second-order valence-corrected chi connectivity index (χ2v) is 6.37. The quantitative estimate of drug-likeness (QED) is 0.325. The molecule has 0 aliphatic carbocycles. The van der Waals surface area contributed by atoms with Crippen LogP contribution < -0.4 is 21.8 Å². The van der Waals surface area contributed by atoms with Crippen LogP contribution in [-0.4, -0.2) is 21.0 Å². The minimum absolute atomic E-state index is 0.148. The van der Waals surface area contributed by atoms with Crippen molar-refractivity contribution in [2.75, 3.05) is 5.32 Å². The zero-order chi connectivity index (χ0) is 23.0. The van der Waals surface area contributed by atoms with E-state index in [9.17, 15) is 18.0 Å². The summed E-state index contributed by atoms with van der Waals surface area (Å²) in [4.78, 5) is 28.0. The van der Waals surface area contributed by atoms with Crippen LogP contribution in [0.5, 0.6) is 0 Å². The Hall–Kier alpha value is -4.19. The predicted molar refractivity (Wildman–Crippen MR) is 109 cm³/mol. The predicted octanol–water partition coefficient (Wildman–Crippen LogP) is 3.16. The van der Waals surface area contributed by atoms with E-state index in [1.54, 1.807) is 12.4 Å². The summed E-state index contributed by atoms with van der Waals surface area (Å²) in [5.41, 5.74) is 1.63. The van der Waals surface area contributed by atoms with Crippen LogP contribution in [0.15, 0.2) is 73.5 Å². The van der Waals surface area contributed by atoms with E-state index in [4.69, 9.17) is 5.90 Å². The van der Waals surface area contributed by atoms with Gasteiger partial charge in [0.05, 0.1) is 23.6 Å². The van der Waals surface area contributed by atoms with Crippen molar-refractivity contribution in [2.45, 2.75) is 12.7 Å². The fourth-order valence-corrected chi connectivity index (χ4v) is 2.56. The number of aromatic nitrogens is 3. The van der Waals surface area contributed by atoms with Crippen LogP contribution in [0.25, 0.3) is 11.1 Å². The highest BCUT2D eigenvalue weighted by Gasteiger charge is 2.31. The number of rotatable bonds is 7. The Morgan fingerprint density at radius 2 is 1.75 bits per heavy atom. The summed E-state index contributed by atoms with van der Waals surface area (Å²) in [5.74, 6) is 4.98. The second-order valence-electron chi connectivity index (χ2n) is 6.37. The molecule has 2 aromatic heterocycles. The smallest absolute Gasteiger partial charge is 0.391 e. The molecule has 0 aliphatic rings. The average Bonchev–Trinajstić information content (AvgIpc) is 2.79. The number of carbonyl (C=O) groups excluding carboxylic acids is 1. The van der Waals surface area contributed by atoms with Crippen molar-refractivity contribution < 1.29 is 22.8 Å². The number of halogens is 3. The lowest BCUT2D eigenvalue weighted by molar-refractivity contribution is -0.137. The molecule has 0 fully saturated rings. The Bertz CT molecular complexity index is 1070. The summed E-state index contributed by atoms with van der Waals surface area (Å²) < 4.78 is 38.2. The van der Waals surface area contributed by atoms with Gasteiger partial charge in [-0.05, 0) is 17.2 Å². The first-order valence-electron chi connectivity index (χ1n) is 9.10. The topological polar surface area (TPSA) is 127 Å². The van der Waals surface area contributed by atoms with E-state index in [-0.39, 0.29) is 11.6 Å². The van der Waals surface area contributed by atoms with Gasteiger partial charge in [0.15, 0.2) is 0 Å². The maximum atomic E-state index is 12.7. The highest BCUT2D eigenvalue weighted by atomic mass is 19.4. The highest BCUT2D eigenvalue weighted by Crippen LogP contribution is 2.29. The summed E-state index contributed by atoms with van der Waals surface area (Å²) in [6.45, 7) is 0.388. The number of benzene rings is 1. The second kappa shape index (κ2) is 10.2. The summed E-state index contributed by atoms with van der Waals surface area (Å²) in [7, 11) is 0. The number of urea groups is 1. The first-order chi connectivity index (χ1) is 15.3. The van der Waals surface area contributed by atoms with Crippen molar-refractivity contribution in [3.05, 3.63) is 84.7 Å². The molecule has 0 spiro atoms. The van der Waals surface area contributed by atoms with E-state index < -0.39 is 17.8 Å². The van der Waals surface area contributed by atoms with E-state index >= 15 is 0 Å². The van der Waals surface area contributed by atoms with Gasteiger partial charge in [0, 0.05) is 30.7 Å². The standard InChI is InChI=1S/C20H18F3N7O2/c21-20(22,23)16-5-17(10-26-9-16)29-19(31)30-18(32-24)11-25-6-13-1-3-14(4-2-13)15-7-27-12-28-8-15/h1-5,7-12,25H,6,24H2,(H2,29,30,31)/b18-11-. The number of nitrogens with zero attached hydrogens (tertiary/aromatic N) is 3. The minimum atomic E-state index is -4.58. The van der Waals surface area contributed by atoms with Crippen LogP contribution in [0.3, 0.4) is 0 Å². The van der Waals surface area contributed by atoms with Crippen molar-refractivity contribution in [3.8, 4) is 11.1 Å². The molecule has 0 saturated heterocycles. The number of nitrogens with one attached hydrogen (secondary N) is 3. The van der Waals surface area contributed by atoms with Crippen molar-refractivity contribution in [1.29, 1.82) is 0 Å². The fourth-order valence-electron chi connectivity index (χ4n) is 2.56. The lowest BCUT2D eigenvalue weighted by Gasteiger charge is -2.11. The molecule has 1 aromatic carbocycles. The van der Waals surface area contributed by atoms with E-state index in [0.29, 0.717) is 12.7 Å². The lowest BCUT2D eigenvalue weighted by atomic mass is 10.1. The normalized spacial score (nSPS) is 11.6. The zero-order valence-electron chi connectivity index (χ0n) is 16.4. The number of amides is 2. The van der Waals surface area contributed by atoms with Crippen LogP contribution in [0, 0.1) is 0 Å². The number of pyridine rings is 1. The molecule has 12 heteroatoms. The molecular formula is C20H18F3N7O2. The Labute approximate surface area is 180 Å². The van der Waals surface area contributed by atoms with E-state index in [2.05, 4.69) is 35.7 Å². The monoisotopic (exact) mass is 445 g/mol. The van der Waals surface area contributed by atoms with Crippen molar-refractivity contribution in [1.82, 2.24) is 25.6 Å². The Balaban J connectivity index is 1.53. The third-order valence-electron chi connectivity index (χ3n) is 4.07. The summed E-state index contributed by atoms with van der Waals surface area (Å²) in [6, 6.07) is 7.50. The Morgan fingerprint density at radius 3 is 2.41 bits per heavy atom. The largest absolute Gasteiger partial charge is 0.417 e. The molecule has 0 saturated carbocycles. The number of nitrogens with two attached hydrogens (primary N) is 1. The molecule has 32 heavy (non-hydrogen) atoms. The zero-order valence-corrected chi connectivity index (χ0v) is 16.4. The average molecular weight is 445 g/mol. The van der Waals surface area contributed by atoms with Gasteiger partial charge in [0.1, 0.15) is 6.33 Å². The van der Waals surface area contributed by atoms with Crippen LogP contribution in [0.1, 0.15) is 11.1 Å². The van der Waals surface area contributed by atoms with Gasteiger partial charge in [0.25, 0.3) is 0 Å². The molecule has 3 aromatic rings. The molecule has 0 bridgehead atoms. The van der Waals surface area contributed by atoms with Gasteiger partial charge < -0.3 is 15.5 Å². The van der Waals surface area contributed by atoms with Gasteiger partial charge in [0.2, 0.25) is 5.88 Å². The maximum absolute atomic E-state index is 12.7. The molecule has 9 nitrogen and oxygen atoms in total. The molecule has 166 valence electrons. The van der Waals surface area contributed by atoms with Crippen molar-refractivity contribution in [2.24, 2.45) is 5.90 Å². The lowest BCUT2D eigenvalue weighted by Crippen LogP contribution is -2.31. The third-order valence-corrected chi connectivity index (χ3v) is 4.07. The van der Waals surface area contributed by atoms with Crippen LogP contribution in [0.2, 0.25) is 0 Å². The van der Waals surface area contributed by atoms with Gasteiger partial charge in [-0.3, -0.25) is 10.3 Å². The molecule has 0 atom stereocenters. The minimum Gasteiger partial charge on any atom is -0.391 e. The summed E-state index contributed by atoms with van der Waals surface area (Å²) in [6.07, 6.45) is 3.33. The SMILES string of the molecule is NO/C(=C\NCc1ccc(-c2cncnc2)cc1)NC(=O)Nc1cncc(C(F)(F)F)c1. The summed E-state index contributed by atoms with van der Waals surface area (Å²) in [5, 5.41) is 7.41. The number of anilines is 1. The first-order valence-corrected chi connectivity index (χ1v) is 9.10. The first kappa shape index (κ1) is 22.5. The molecule has 0 radical (unpaired) electrons. The van der Waals surface area contributed by atoms with E-state index in [1.807, 2.05) is 24.3 Å². The van der Waals surface area contributed by atoms with Gasteiger partial charge in [-0.15, -0.1) is 0 Å². The molecular weight excluding hydrogens is 427 g/mol. The number of alkyl halides is 3. The van der Waals surface area contributed by atoms with Crippen molar-refractivity contribution in [3.63, 3.8) is 0 Å². The van der Waals surface area contributed by atoms with Crippen LogP contribution in [0.4, 0.5) is 23.7 Å². The van der Waals surface area contributed by atoms with Gasteiger partial charge >= 0.3 is 12.2 Å². The molecule has 0 unspecified atom stereocenters. The Kier molecular flexibility index (Phi) is 7.18. The summed E-state index contributed by atoms with van der Waals surface area (Å²) >= 11 is 0. The van der Waals surface area contributed by atoms with Crippen LogP contribution >= 0.6 is 0 Å². The highest BCUT2D eigenvalue weighted by molar-refractivity contribution is 5.90. The van der Waals surface area contributed by atoms with Crippen LogP contribution in [-0.2, 0) is 17.6 Å². The Morgan fingerprint density at radius 1 is 1.03 bits per heavy atom. The number of hydrogen-bond acceptors (Lipinski definition) is 7. The van der Waals surface area contributed by atoms with Gasteiger partial charge in [-0.2, -0.15) is 19.1 Å². The molecule has 3 rings (SSSR count). The number of hydrogen-bond donors (Lipinski definition) is 4.